The van der Waals surface area contributed by atoms with Gasteiger partial charge in [0.05, 0.1) is 12.2 Å². The van der Waals surface area contributed by atoms with E-state index in [1.807, 2.05) is 0 Å². The maximum absolute atomic E-state index is 13.2. The Morgan fingerprint density at radius 1 is 1.67 bits per heavy atom. The molecule has 15 heavy (non-hydrogen) atoms. The summed E-state index contributed by atoms with van der Waals surface area (Å²) in [5.74, 6) is -0.612. The lowest BCUT2D eigenvalue weighted by Crippen LogP contribution is -2.23. The molecular formula is C8H10FN5O. The van der Waals surface area contributed by atoms with Crippen LogP contribution in [-0.4, -0.2) is 28.5 Å². The van der Waals surface area contributed by atoms with E-state index in [0.29, 0.717) is 13.0 Å². The number of amides is 1. The number of hydrogen-bond donors (Lipinski definition) is 3. The Hall–Kier alpha value is -1.92. The van der Waals surface area contributed by atoms with Gasteiger partial charge in [-0.15, -0.1) is 0 Å². The summed E-state index contributed by atoms with van der Waals surface area (Å²) in [5, 5.41) is 5.42. The number of halogens is 1. The van der Waals surface area contributed by atoms with Crippen LogP contribution in [0.5, 0.6) is 0 Å². The van der Waals surface area contributed by atoms with Gasteiger partial charge < -0.3 is 16.4 Å². The zero-order valence-electron chi connectivity index (χ0n) is 7.83. The molecule has 0 radical (unpaired) electrons. The molecule has 0 saturated carbocycles. The summed E-state index contributed by atoms with van der Waals surface area (Å²) in [6.45, 7) is 0.460. The van der Waals surface area contributed by atoms with Crippen LogP contribution in [-0.2, 0) is 4.79 Å². The highest BCUT2D eigenvalue weighted by Gasteiger charge is 2.22. The molecule has 1 aliphatic rings. The Bertz CT molecular complexity index is 397. The van der Waals surface area contributed by atoms with Crippen molar-refractivity contribution < 1.29 is 9.18 Å². The van der Waals surface area contributed by atoms with Crippen molar-refractivity contribution >= 4 is 17.7 Å². The SMILES string of the molecule is Nc1ncc(F)c(NC2CNC(=O)C2)n1. The highest BCUT2D eigenvalue weighted by atomic mass is 19.1. The fraction of sp³-hybridized carbons (Fsp3) is 0.375. The van der Waals surface area contributed by atoms with Crippen LogP contribution >= 0.6 is 0 Å². The van der Waals surface area contributed by atoms with Crippen molar-refractivity contribution in [3.05, 3.63) is 12.0 Å². The lowest BCUT2D eigenvalue weighted by Gasteiger charge is -2.11. The van der Waals surface area contributed by atoms with Gasteiger partial charge in [0, 0.05) is 13.0 Å². The van der Waals surface area contributed by atoms with Gasteiger partial charge in [-0.2, -0.15) is 4.98 Å². The molecule has 1 aromatic heterocycles. The number of hydrogen-bond acceptors (Lipinski definition) is 5. The van der Waals surface area contributed by atoms with E-state index in [1.54, 1.807) is 0 Å². The number of nitrogens with two attached hydrogens (primary N) is 1. The monoisotopic (exact) mass is 211 g/mol. The molecule has 6 nitrogen and oxygen atoms in total. The van der Waals surface area contributed by atoms with Gasteiger partial charge in [0.15, 0.2) is 11.6 Å². The molecule has 80 valence electrons. The minimum Gasteiger partial charge on any atom is -0.368 e. The second kappa shape index (κ2) is 3.68. The lowest BCUT2D eigenvalue weighted by molar-refractivity contribution is -0.119. The molecule has 7 heteroatoms. The topological polar surface area (TPSA) is 92.9 Å². The van der Waals surface area contributed by atoms with Crippen LogP contribution in [0.4, 0.5) is 16.2 Å². The van der Waals surface area contributed by atoms with E-state index < -0.39 is 5.82 Å². The molecule has 0 bridgehead atoms. The van der Waals surface area contributed by atoms with Gasteiger partial charge >= 0.3 is 0 Å². The van der Waals surface area contributed by atoms with Crippen LogP contribution in [0.25, 0.3) is 0 Å². The predicted octanol–water partition coefficient (Wildman–Crippen LogP) is -0.502. The van der Waals surface area contributed by atoms with Crippen molar-refractivity contribution in [1.29, 1.82) is 0 Å². The first-order valence-corrected chi connectivity index (χ1v) is 4.46. The number of anilines is 2. The van der Waals surface area contributed by atoms with E-state index in [0.717, 1.165) is 6.20 Å². The van der Waals surface area contributed by atoms with Crippen molar-refractivity contribution in [3.8, 4) is 0 Å². The van der Waals surface area contributed by atoms with Gasteiger partial charge in [-0.25, -0.2) is 9.37 Å². The fourth-order valence-corrected chi connectivity index (χ4v) is 1.38. The Kier molecular flexibility index (Phi) is 2.36. The largest absolute Gasteiger partial charge is 0.368 e. The molecule has 1 saturated heterocycles. The number of carbonyl (C=O) groups excluding carboxylic acids is 1. The molecule has 1 atom stereocenters. The number of carbonyl (C=O) groups is 1. The zero-order chi connectivity index (χ0) is 10.8. The average Bonchev–Trinajstić information content (AvgIpc) is 2.58. The van der Waals surface area contributed by atoms with Crippen LogP contribution in [0.2, 0.25) is 0 Å². The second-order valence-electron chi connectivity index (χ2n) is 3.27. The smallest absolute Gasteiger partial charge is 0.222 e. The summed E-state index contributed by atoms with van der Waals surface area (Å²) >= 11 is 0. The molecule has 1 amide bonds. The number of aromatic nitrogens is 2. The van der Waals surface area contributed by atoms with E-state index in [1.165, 1.54) is 0 Å². The summed E-state index contributed by atoms with van der Waals surface area (Å²) in [4.78, 5) is 18.1. The molecule has 0 spiro atoms. The van der Waals surface area contributed by atoms with Crippen LogP contribution < -0.4 is 16.4 Å². The lowest BCUT2D eigenvalue weighted by atomic mass is 10.2. The van der Waals surface area contributed by atoms with Crippen molar-refractivity contribution in [3.63, 3.8) is 0 Å². The molecule has 4 N–H and O–H groups in total. The first kappa shape index (κ1) is 9.63. The van der Waals surface area contributed by atoms with Gasteiger partial charge in [-0.1, -0.05) is 0 Å². The molecular weight excluding hydrogens is 201 g/mol. The van der Waals surface area contributed by atoms with Crippen LogP contribution in [0.15, 0.2) is 6.20 Å². The fourth-order valence-electron chi connectivity index (χ4n) is 1.38. The number of rotatable bonds is 2. The van der Waals surface area contributed by atoms with Gasteiger partial charge in [-0.3, -0.25) is 4.79 Å². The third kappa shape index (κ3) is 2.12. The first-order chi connectivity index (χ1) is 7.15. The third-order valence-corrected chi connectivity index (χ3v) is 2.08. The summed E-state index contributed by atoms with van der Waals surface area (Å²) in [6.07, 6.45) is 1.30. The van der Waals surface area contributed by atoms with Gasteiger partial charge in [0.25, 0.3) is 0 Å². The predicted molar refractivity (Wildman–Crippen MR) is 51.4 cm³/mol. The standard InChI is InChI=1S/C8H10FN5O/c9-5-3-12-8(10)14-7(5)13-4-1-6(15)11-2-4/h3-4H,1-2H2,(H,11,15)(H3,10,12,13,14). The quantitative estimate of drug-likeness (QED) is 0.613. The van der Waals surface area contributed by atoms with Crippen LogP contribution in [0.3, 0.4) is 0 Å². The Labute approximate surface area is 85.1 Å². The van der Waals surface area contributed by atoms with E-state index in [9.17, 15) is 9.18 Å². The van der Waals surface area contributed by atoms with Crippen molar-refractivity contribution in [2.75, 3.05) is 17.6 Å². The molecule has 2 rings (SSSR count). The number of nitrogens with zero attached hydrogens (tertiary/aromatic N) is 2. The van der Waals surface area contributed by atoms with Crippen molar-refractivity contribution in [2.24, 2.45) is 0 Å². The Balaban J connectivity index is 2.10. The first-order valence-electron chi connectivity index (χ1n) is 4.46. The Morgan fingerprint density at radius 3 is 3.13 bits per heavy atom. The molecule has 1 fully saturated rings. The molecule has 0 aliphatic carbocycles. The van der Waals surface area contributed by atoms with Gasteiger partial charge in [-0.05, 0) is 0 Å². The van der Waals surface area contributed by atoms with Crippen LogP contribution in [0, 0.1) is 5.82 Å². The molecule has 0 aromatic carbocycles. The Morgan fingerprint density at radius 2 is 2.47 bits per heavy atom. The third-order valence-electron chi connectivity index (χ3n) is 2.08. The average molecular weight is 211 g/mol. The van der Waals surface area contributed by atoms with Crippen molar-refractivity contribution in [1.82, 2.24) is 15.3 Å². The summed E-state index contributed by atoms with van der Waals surface area (Å²) in [6, 6.07) is -0.152. The molecule has 1 unspecified atom stereocenters. The summed E-state index contributed by atoms with van der Waals surface area (Å²) in [7, 11) is 0. The number of nitrogens with one attached hydrogen (secondary N) is 2. The summed E-state index contributed by atoms with van der Waals surface area (Å²) in [5.41, 5.74) is 5.32. The molecule has 1 aromatic rings. The number of nitrogen functional groups attached to an aromatic ring is 1. The van der Waals surface area contributed by atoms with Crippen LogP contribution in [0.1, 0.15) is 6.42 Å². The highest BCUT2D eigenvalue weighted by molar-refractivity contribution is 5.79. The molecule has 2 heterocycles. The normalized spacial score (nSPS) is 20.1. The van der Waals surface area contributed by atoms with Crippen molar-refractivity contribution in [2.45, 2.75) is 12.5 Å². The minimum atomic E-state index is -0.580. The van der Waals surface area contributed by atoms with E-state index in [4.69, 9.17) is 5.73 Å². The molecule has 1 aliphatic heterocycles. The summed E-state index contributed by atoms with van der Waals surface area (Å²) < 4.78 is 13.2. The van der Waals surface area contributed by atoms with Gasteiger partial charge in [0.2, 0.25) is 11.9 Å². The zero-order valence-corrected chi connectivity index (χ0v) is 7.83. The van der Waals surface area contributed by atoms with E-state index in [-0.39, 0.29) is 23.7 Å². The maximum atomic E-state index is 13.2. The second-order valence-corrected chi connectivity index (χ2v) is 3.27. The highest BCUT2D eigenvalue weighted by Crippen LogP contribution is 2.13. The van der Waals surface area contributed by atoms with Gasteiger partial charge in [0.1, 0.15) is 0 Å². The van der Waals surface area contributed by atoms with E-state index in [2.05, 4.69) is 20.6 Å². The minimum absolute atomic E-state index is 0.00353. The maximum Gasteiger partial charge on any atom is 0.222 e. The van der Waals surface area contributed by atoms with E-state index >= 15 is 0 Å².